The molecule has 3 aromatic carbocycles. The summed E-state index contributed by atoms with van der Waals surface area (Å²) in [6.07, 6.45) is -4.05. The summed E-state index contributed by atoms with van der Waals surface area (Å²) in [5.41, 5.74) is 0.620. The molecule has 0 aromatic heterocycles. The predicted octanol–water partition coefficient (Wildman–Crippen LogP) is 3.32. The molecule has 5 rings (SSSR count). The molecule has 46 heavy (non-hydrogen) atoms. The monoisotopic (exact) mass is 628 g/mol. The number of carboxylic acids is 1. The fourth-order valence-corrected chi connectivity index (χ4v) is 5.69. The second-order valence-electron chi connectivity index (χ2n) is 10.9. The van der Waals surface area contributed by atoms with Gasteiger partial charge in [-0.1, -0.05) is 54.6 Å². The van der Waals surface area contributed by atoms with Crippen LogP contribution in [-0.2, 0) is 28.6 Å². The molecule has 0 aliphatic carbocycles. The third-order valence-electron chi connectivity index (χ3n) is 7.84. The predicted molar refractivity (Wildman–Crippen MR) is 160 cm³/mol. The number of fused-ring (bicyclic) bond motifs is 1. The van der Waals surface area contributed by atoms with Crippen LogP contribution in [0.1, 0.15) is 57.3 Å². The number of hydrogen-bond donors (Lipinski definition) is 1. The van der Waals surface area contributed by atoms with Gasteiger partial charge in [-0.05, 0) is 42.8 Å². The summed E-state index contributed by atoms with van der Waals surface area (Å²) in [6.45, 7) is 0.802. The summed E-state index contributed by atoms with van der Waals surface area (Å²) in [7, 11) is 0. The van der Waals surface area contributed by atoms with Gasteiger partial charge in [0.1, 0.15) is 24.9 Å². The number of aliphatic carboxylic acids is 1. The number of ether oxygens (including phenoxy) is 3. The molecule has 12 heteroatoms. The molecule has 5 atom stereocenters. The van der Waals surface area contributed by atoms with Crippen LogP contribution in [0.25, 0.3) is 0 Å². The number of carbonyl (C=O) groups is 6. The van der Waals surface area contributed by atoms with Gasteiger partial charge in [0.15, 0.2) is 12.2 Å². The van der Waals surface area contributed by atoms with Crippen LogP contribution in [0.5, 0.6) is 0 Å². The Kier molecular flexibility index (Phi) is 9.75. The van der Waals surface area contributed by atoms with Gasteiger partial charge in [0.2, 0.25) is 11.8 Å². The molecule has 0 spiro atoms. The van der Waals surface area contributed by atoms with Crippen molar-refractivity contribution < 1.29 is 48.1 Å². The second kappa shape index (κ2) is 14.1. The maximum atomic E-state index is 13.8. The van der Waals surface area contributed by atoms with Crippen LogP contribution in [0.3, 0.4) is 0 Å². The summed E-state index contributed by atoms with van der Waals surface area (Å²) in [4.78, 5) is 80.2. The van der Waals surface area contributed by atoms with E-state index in [1.165, 1.54) is 28.9 Å². The van der Waals surface area contributed by atoms with Gasteiger partial charge in [0.05, 0.1) is 16.7 Å². The van der Waals surface area contributed by atoms with Crippen molar-refractivity contribution in [3.8, 4) is 0 Å². The minimum Gasteiger partial charge on any atom is -0.481 e. The van der Waals surface area contributed by atoms with E-state index in [0.29, 0.717) is 0 Å². The molecule has 3 aromatic rings. The first-order valence-electron chi connectivity index (χ1n) is 14.7. The third kappa shape index (κ3) is 7.06. The molecule has 2 aliphatic rings. The van der Waals surface area contributed by atoms with E-state index < -0.39 is 72.8 Å². The lowest BCUT2D eigenvalue weighted by Gasteiger charge is -2.42. The summed E-state index contributed by atoms with van der Waals surface area (Å²) in [5.74, 6) is -4.33. The summed E-state index contributed by atoms with van der Waals surface area (Å²) < 4.78 is 17.6. The highest BCUT2D eigenvalue weighted by Crippen LogP contribution is 2.45. The fourth-order valence-electron chi connectivity index (χ4n) is 5.69. The SMILES string of the molecule is CC(=O)N1C2C(OC(=O)c3ccccc3)[C@@H](OC(=O)c3ccccc3)C(COC(=O)c3ccccc3)N(C(=O)CCCC(=O)O)[C@@H]21. The van der Waals surface area contributed by atoms with E-state index in [1.807, 2.05) is 0 Å². The summed E-state index contributed by atoms with van der Waals surface area (Å²) >= 11 is 0. The van der Waals surface area contributed by atoms with Gasteiger partial charge in [0.25, 0.3) is 0 Å². The van der Waals surface area contributed by atoms with E-state index in [-0.39, 0.29) is 36.0 Å². The Morgan fingerprint density at radius 3 is 1.61 bits per heavy atom. The first-order chi connectivity index (χ1) is 22.2. The van der Waals surface area contributed by atoms with Gasteiger partial charge in [-0.3, -0.25) is 14.4 Å². The van der Waals surface area contributed by atoms with Crippen LogP contribution in [0.2, 0.25) is 0 Å². The highest BCUT2D eigenvalue weighted by molar-refractivity contribution is 5.91. The maximum Gasteiger partial charge on any atom is 0.338 e. The van der Waals surface area contributed by atoms with E-state index >= 15 is 0 Å². The Hall–Kier alpha value is -5.52. The number of carbonyl (C=O) groups excluding carboxylic acids is 5. The molecule has 0 radical (unpaired) electrons. The molecule has 12 nitrogen and oxygen atoms in total. The second-order valence-corrected chi connectivity index (χ2v) is 10.9. The van der Waals surface area contributed by atoms with Crippen molar-refractivity contribution in [2.45, 2.75) is 56.6 Å². The van der Waals surface area contributed by atoms with E-state index in [0.717, 1.165) is 0 Å². The molecular weight excluding hydrogens is 596 g/mol. The first-order valence-corrected chi connectivity index (χ1v) is 14.7. The number of benzene rings is 3. The smallest absolute Gasteiger partial charge is 0.338 e. The van der Waals surface area contributed by atoms with Gasteiger partial charge in [-0.25, -0.2) is 14.4 Å². The molecule has 3 unspecified atom stereocenters. The molecule has 2 saturated heterocycles. The number of hydrogen-bond acceptors (Lipinski definition) is 9. The van der Waals surface area contributed by atoms with Crippen LogP contribution in [0.15, 0.2) is 91.0 Å². The van der Waals surface area contributed by atoms with Crippen LogP contribution in [-0.4, -0.2) is 87.7 Å². The van der Waals surface area contributed by atoms with Gasteiger partial charge in [0, 0.05) is 19.8 Å². The highest BCUT2D eigenvalue weighted by atomic mass is 16.6. The van der Waals surface area contributed by atoms with Crippen LogP contribution < -0.4 is 0 Å². The fraction of sp³-hybridized carbons (Fsp3) is 0.294. The zero-order valence-electron chi connectivity index (χ0n) is 24.9. The Morgan fingerprint density at radius 1 is 0.652 bits per heavy atom. The van der Waals surface area contributed by atoms with Crippen molar-refractivity contribution in [1.29, 1.82) is 0 Å². The van der Waals surface area contributed by atoms with Crippen molar-refractivity contribution in [3.63, 3.8) is 0 Å². The third-order valence-corrected chi connectivity index (χ3v) is 7.84. The number of piperidine rings is 1. The largest absolute Gasteiger partial charge is 0.481 e. The topological polar surface area (TPSA) is 157 Å². The molecule has 2 aliphatic heterocycles. The van der Waals surface area contributed by atoms with Gasteiger partial charge in [-0.2, -0.15) is 0 Å². The average Bonchev–Trinajstić information content (AvgIpc) is 3.81. The van der Waals surface area contributed by atoms with Crippen molar-refractivity contribution in [3.05, 3.63) is 108 Å². The molecular formula is C34H32N2O10. The van der Waals surface area contributed by atoms with E-state index in [4.69, 9.17) is 19.3 Å². The standard InChI is InChI=1S/C34H32N2O10/c1-21(37)35-28-30(46-34(43)24-16-9-4-10-17-24)29(45-33(42)23-14-7-3-8-15-23)25(20-44-32(41)22-12-5-2-6-13-22)36(31(28)35)26(38)18-11-19-27(39)40/h2-10,12-17,25,28-31H,11,18-20H2,1H3,(H,39,40)/t25?,28?,29-,30?,31-,35?/m0/s1. The van der Waals surface area contributed by atoms with Crippen molar-refractivity contribution in [2.75, 3.05) is 6.61 Å². The highest BCUT2D eigenvalue weighted by Gasteiger charge is 2.69. The number of esters is 3. The minimum absolute atomic E-state index is 0.000457. The molecule has 0 bridgehead atoms. The normalized spacial score (nSPS) is 21.4. The number of nitrogens with zero attached hydrogens (tertiary/aromatic N) is 2. The lowest BCUT2D eigenvalue weighted by Crippen LogP contribution is -2.62. The van der Waals surface area contributed by atoms with E-state index in [9.17, 15) is 28.8 Å². The minimum atomic E-state index is -1.39. The zero-order chi connectivity index (χ0) is 32.8. The zero-order valence-corrected chi connectivity index (χ0v) is 24.9. The van der Waals surface area contributed by atoms with E-state index in [1.54, 1.807) is 78.9 Å². The summed E-state index contributed by atoms with van der Waals surface area (Å²) in [5, 5.41) is 9.14. The molecule has 0 saturated carbocycles. The van der Waals surface area contributed by atoms with Gasteiger partial charge < -0.3 is 29.1 Å². The number of carboxylic acid groups (broad SMARTS) is 1. The van der Waals surface area contributed by atoms with E-state index in [2.05, 4.69) is 0 Å². The molecule has 2 amide bonds. The lowest BCUT2D eigenvalue weighted by atomic mass is 9.94. The Morgan fingerprint density at radius 2 is 1.13 bits per heavy atom. The molecule has 238 valence electrons. The van der Waals surface area contributed by atoms with Crippen LogP contribution in [0.4, 0.5) is 0 Å². The Bertz CT molecular complexity index is 1600. The Labute approximate surface area is 264 Å². The van der Waals surface area contributed by atoms with Crippen LogP contribution in [0, 0.1) is 0 Å². The molecule has 2 fully saturated rings. The van der Waals surface area contributed by atoms with Crippen molar-refractivity contribution in [2.24, 2.45) is 0 Å². The average molecular weight is 629 g/mol. The maximum absolute atomic E-state index is 13.8. The van der Waals surface area contributed by atoms with Gasteiger partial charge in [-0.15, -0.1) is 0 Å². The lowest BCUT2D eigenvalue weighted by molar-refractivity contribution is -0.148. The molecule has 2 heterocycles. The van der Waals surface area contributed by atoms with Gasteiger partial charge >= 0.3 is 23.9 Å². The first kappa shape index (κ1) is 31.9. The van der Waals surface area contributed by atoms with Crippen molar-refractivity contribution in [1.82, 2.24) is 9.80 Å². The van der Waals surface area contributed by atoms with Crippen LogP contribution >= 0.6 is 0 Å². The number of amides is 2. The van der Waals surface area contributed by atoms with Crippen molar-refractivity contribution >= 4 is 35.7 Å². The molecule has 1 N–H and O–H groups in total. The number of rotatable bonds is 11. The number of likely N-dealkylation sites (tertiary alicyclic amines) is 1. The quantitative estimate of drug-likeness (QED) is 0.190. The summed E-state index contributed by atoms with van der Waals surface area (Å²) in [6, 6.07) is 22.2. The Balaban J connectivity index is 1.54.